The van der Waals surface area contributed by atoms with Gasteiger partial charge in [0.15, 0.2) is 0 Å². The Labute approximate surface area is 103 Å². The SMILES string of the molecule is CC(Nc1cn[nH]c(=O)c1Cl)c1cccnc1. The Morgan fingerprint density at radius 1 is 1.47 bits per heavy atom. The average molecular weight is 251 g/mol. The van der Waals surface area contributed by atoms with E-state index in [4.69, 9.17) is 11.6 Å². The van der Waals surface area contributed by atoms with Crippen LogP contribution in [0.2, 0.25) is 5.02 Å². The van der Waals surface area contributed by atoms with Gasteiger partial charge in [0.25, 0.3) is 5.56 Å². The third-order valence-electron chi connectivity index (χ3n) is 2.35. The number of pyridine rings is 1. The molecule has 6 heteroatoms. The van der Waals surface area contributed by atoms with Crippen LogP contribution < -0.4 is 10.9 Å². The zero-order valence-corrected chi connectivity index (χ0v) is 9.90. The molecule has 2 heterocycles. The number of anilines is 1. The highest BCUT2D eigenvalue weighted by molar-refractivity contribution is 6.32. The smallest absolute Gasteiger partial charge is 0.285 e. The van der Waals surface area contributed by atoms with Crippen molar-refractivity contribution in [1.82, 2.24) is 15.2 Å². The Morgan fingerprint density at radius 3 is 3.00 bits per heavy atom. The molecule has 0 aromatic carbocycles. The number of nitrogens with one attached hydrogen (secondary N) is 2. The molecule has 0 bridgehead atoms. The lowest BCUT2D eigenvalue weighted by atomic mass is 10.1. The van der Waals surface area contributed by atoms with E-state index in [-0.39, 0.29) is 11.1 Å². The van der Waals surface area contributed by atoms with Crippen molar-refractivity contribution in [2.24, 2.45) is 0 Å². The normalized spacial score (nSPS) is 12.1. The van der Waals surface area contributed by atoms with Gasteiger partial charge < -0.3 is 5.32 Å². The van der Waals surface area contributed by atoms with Crippen molar-refractivity contribution in [3.8, 4) is 0 Å². The Hall–Kier alpha value is -1.88. The second-order valence-corrected chi connectivity index (χ2v) is 3.96. The monoisotopic (exact) mass is 250 g/mol. The summed E-state index contributed by atoms with van der Waals surface area (Å²) in [5.41, 5.74) is 1.10. The first kappa shape index (κ1) is 11.6. The third-order valence-corrected chi connectivity index (χ3v) is 2.73. The van der Waals surface area contributed by atoms with Crippen LogP contribution >= 0.6 is 11.6 Å². The molecule has 0 amide bonds. The molecular formula is C11H11ClN4O. The van der Waals surface area contributed by atoms with Gasteiger partial charge in [-0.3, -0.25) is 9.78 Å². The molecule has 0 saturated carbocycles. The van der Waals surface area contributed by atoms with Gasteiger partial charge in [-0.05, 0) is 18.6 Å². The number of hydrogen-bond acceptors (Lipinski definition) is 4. The molecule has 0 aliphatic rings. The maximum Gasteiger partial charge on any atom is 0.285 e. The van der Waals surface area contributed by atoms with Gasteiger partial charge in [0, 0.05) is 12.4 Å². The number of aromatic amines is 1. The minimum absolute atomic E-state index is 0.00944. The molecule has 0 radical (unpaired) electrons. The highest BCUT2D eigenvalue weighted by Gasteiger charge is 2.09. The van der Waals surface area contributed by atoms with Gasteiger partial charge >= 0.3 is 0 Å². The highest BCUT2D eigenvalue weighted by atomic mass is 35.5. The van der Waals surface area contributed by atoms with E-state index in [1.54, 1.807) is 12.4 Å². The summed E-state index contributed by atoms with van der Waals surface area (Å²) < 4.78 is 0. The van der Waals surface area contributed by atoms with Crippen molar-refractivity contribution in [3.63, 3.8) is 0 Å². The molecule has 0 saturated heterocycles. The Kier molecular flexibility index (Phi) is 3.39. The lowest BCUT2D eigenvalue weighted by molar-refractivity contribution is 0.867. The summed E-state index contributed by atoms with van der Waals surface area (Å²) in [4.78, 5) is 15.3. The number of rotatable bonds is 3. The Balaban J connectivity index is 2.22. The molecule has 1 unspecified atom stereocenters. The minimum atomic E-state index is -0.407. The molecule has 2 aromatic rings. The van der Waals surface area contributed by atoms with Crippen LogP contribution in [-0.2, 0) is 0 Å². The molecule has 2 rings (SSSR count). The van der Waals surface area contributed by atoms with E-state index in [2.05, 4.69) is 20.5 Å². The van der Waals surface area contributed by atoms with Crippen molar-refractivity contribution in [2.75, 3.05) is 5.32 Å². The van der Waals surface area contributed by atoms with Gasteiger partial charge in [-0.15, -0.1) is 0 Å². The van der Waals surface area contributed by atoms with Crippen molar-refractivity contribution < 1.29 is 0 Å². The molecule has 17 heavy (non-hydrogen) atoms. The van der Waals surface area contributed by atoms with Crippen molar-refractivity contribution in [3.05, 3.63) is 51.7 Å². The van der Waals surface area contributed by atoms with Crippen LogP contribution in [0.5, 0.6) is 0 Å². The summed E-state index contributed by atoms with van der Waals surface area (Å²) in [5.74, 6) is 0. The first-order valence-electron chi connectivity index (χ1n) is 5.08. The van der Waals surface area contributed by atoms with Gasteiger partial charge in [0.05, 0.1) is 17.9 Å². The van der Waals surface area contributed by atoms with Crippen molar-refractivity contribution in [2.45, 2.75) is 13.0 Å². The number of H-pyrrole nitrogens is 1. The quantitative estimate of drug-likeness (QED) is 0.874. The van der Waals surface area contributed by atoms with E-state index in [1.165, 1.54) is 6.20 Å². The van der Waals surface area contributed by atoms with E-state index < -0.39 is 5.56 Å². The number of nitrogens with zero attached hydrogens (tertiary/aromatic N) is 2. The van der Waals surface area contributed by atoms with Crippen molar-refractivity contribution in [1.29, 1.82) is 0 Å². The molecule has 2 aromatic heterocycles. The molecule has 0 fully saturated rings. The fraction of sp³-hybridized carbons (Fsp3) is 0.182. The zero-order chi connectivity index (χ0) is 12.3. The van der Waals surface area contributed by atoms with E-state index in [9.17, 15) is 4.79 Å². The van der Waals surface area contributed by atoms with E-state index >= 15 is 0 Å². The van der Waals surface area contributed by atoms with Gasteiger partial charge in [-0.2, -0.15) is 5.10 Å². The Bertz CT molecular complexity index is 555. The Morgan fingerprint density at radius 2 is 2.29 bits per heavy atom. The molecule has 0 spiro atoms. The third kappa shape index (κ3) is 2.62. The van der Waals surface area contributed by atoms with E-state index in [0.717, 1.165) is 5.56 Å². The topological polar surface area (TPSA) is 70.7 Å². The predicted octanol–water partition coefficient (Wildman–Crippen LogP) is 1.99. The summed E-state index contributed by atoms with van der Waals surface area (Å²) >= 11 is 5.86. The van der Waals surface area contributed by atoms with E-state index in [0.29, 0.717) is 5.69 Å². The standard InChI is InChI=1S/C11H11ClN4O/c1-7(8-3-2-4-13-5-8)15-9-6-14-16-11(17)10(9)12/h2-7H,1H3,(H2,15,16,17). The second kappa shape index (κ2) is 4.97. The maximum absolute atomic E-state index is 11.3. The van der Waals surface area contributed by atoms with Crippen LogP contribution in [0.15, 0.2) is 35.5 Å². The predicted molar refractivity (Wildman–Crippen MR) is 66.1 cm³/mol. The maximum atomic E-state index is 11.3. The molecule has 88 valence electrons. The number of halogens is 1. The molecule has 1 atom stereocenters. The summed E-state index contributed by atoms with van der Waals surface area (Å²) in [6.45, 7) is 1.95. The molecule has 0 aliphatic heterocycles. The molecular weight excluding hydrogens is 240 g/mol. The lowest BCUT2D eigenvalue weighted by Crippen LogP contribution is -2.14. The minimum Gasteiger partial charge on any atom is -0.376 e. The summed E-state index contributed by atoms with van der Waals surface area (Å²) in [6, 6.07) is 3.79. The van der Waals surface area contributed by atoms with Crippen LogP contribution in [0, 0.1) is 0 Å². The first-order chi connectivity index (χ1) is 8.18. The van der Waals surface area contributed by atoms with Gasteiger partial charge in [0.1, 0.15) is 5.02 Å². The molecule has 2 N–H and O–H groups in total. The van der Waals surface area contributed by atoms with Crippen LogP contribution in [0.4, 0.5) is 5.69 Å². The molecule has 5 nitrogen and oxygen atoms in total. The summed E-state index contributed by atoms with van der Waals surface area (Å²) in [7, 11) is 0. The fourth-order valence-corrected chi connectivity index (χ4v) is 1.58. The van der Waals surface area contributed by atoms with Gasteiger partial charge in [-0.25, -0.2) is 5.10 Å². The van der Waals surface area contributed by atoms with E-state index in [1.807, 2.05) is 19.1 Å². The molecule has 0 aliphatic carbocycles. The number of hydrogen-bond donors (Lipinski definition) is 2. The average Bonchev–Trinajstić information content (AvgIpc) is 2.36. The first-order valence-corrected chi connectivity index (χ1v) is 5.46. The van der Waals surface area contributed by atoms with Crippen LogP contribution in [0.3, 0.4) is 0 Å². The lowest BCUT2D eigenvalue weighted by Gasteiger charge is -2.15. The van der Waals surface area contributed by atoms with Gasteiger partial charge in [0.2, 0.25) is 0 Å². The van der Waals surface area contributed by atoms with Crippen molar-refractivity contribution >= 4 is 17.3 Å². The summed E-state index contributed by atoms with van der Waals surface area (Å²) in [5, 5.41) is 9.17. The zero-order valence-electron chi connectivity index (χ0n) is 9.14. The van der Waals surface area contributed by atoms with Crippen LogP contribution in [-0.4, -0.2) is 15.2 Å². The summed E-state index contributed by atoms with van der Waals surface area (Å²) in [6.07, 6.45) is 4.95. The second-order valence-electron chi connectivity index (χ2n) is 3.58. The largest absolute Gasteiger partial charge is 0.376 e. The fourth-order valence-electron chi connectivity index (χ4n) is 1.43. The van der Waals surface area contributed by atoms with Crippen LogP contribution in [0.1, 0.15) is 18.5 Å². The van der Waals surface area contributed by atoms with Gasteiger partial charge in [-0.1, -0.05) is 17.7 Å². The number of aromatic nitrogens is 3. The van der Waals surface area contributed by atoms with Crippen LogP contribution in [0.25, 0.3) is 0 Å². The highest BCUT2D eigenvalue weighted by Crippen LogP contribution is 2.21.